The Bertz CT molecular complexity index is 493. The minimum absolute atomic E-state index is 0.257. The summed E-state index contributed by atoms with van der Waals surface area (Å²) in [6.07, 6.45) is 3.14. The number of hydrogen-bond donors (Lipinski definition) is 1. The van der Waals surface area contributed by atoms with E-state index in [0.29, 0.717) is 6.61 Å². The number of hydrogen-bond acceptors (Lipinski definition) is 4. The lowest BCUT2D eigenvalue weighted by atomic mass is 10.3. The Morgan fingerprint density at radius 3 is 3.05 bits per heavy atom. The molecule has 104 valence electrons. The zero-order chi connectivity index (χ0) is 13.7. The molecule has 2 heterocycles. The predicted molar refractivity (Wildman–Crippen MR) is 79.9 cm³/mol. The van der Waals surface area contributed by atoms with Crippen molar-refractivity contribution in [1.29, 1.82) is 0 Å². The standard InChI is InChI=1S/C14H21N3OS/c1-11-9-17(7-6-13-5-4-8-19-13)14(15-11)16-12(2)10-18-3/h4-5,8-9,12H,6-7,10H2,1-3H3,(H,15,16). The number of rotatable bonds is 7. The van der Waals surface area contributed by atoms with E-state index in [1.165, 1.54) is 4.88 Å². The molecular formula is C14H21N3OS. The largest absolute Gasteiger partial charge is 0.383 e. The number of aryl methyl sites for hydroxylation is 3. The van der Waals surface area contributed by atoms with Crippen LogP contribution in [0, 0.1) is 6.92 Å². The number of methoxy groups -OCH3 is 1. The molecule has 4 nitrogen and oxygen atoms in total. The summed E-state index contributed by atoms with van der Waals surface area (Å²) in [4.78, 5) is 5.94. The first-order valence-electron chi connectivity index (χ1n) is 6.50. The number of thiophene rings is 1. The van der Waals surface area contributed by atoms with Crippen LogP contribution in [0.25, 0.3) is 0 Å². The number of imidazole rings is 1. The summed E-state index contributed by atoms with van der Waals surface area (Å²) in [5.74, 6) is 0.929. The number of aromatic nitrogens is 2. The molecule has 0 fully saturated rings. The van der Waals surface area contributed by atoms with Gasteiger partial charge in [-0.05, 0) is 31.7 Å². The summed E-state index contributed by atoms with van der Waals surface area (Å²) in [5, 5.41) is 5.51. The SMILES string of the molecule is COCC(C)Nc1nc(C)cn1CCc1cccs1. The first-order valence-corrected chi connectivity index (χ1v) is 7.38. The lowest BCUT2D eigenvalue weighted by molar-refractivity contribution is 0.190. The smallest absolute Gasteiger partial charge is 0.203 e. The minimum Gasteiger partial charge on any atom is -0.383 e. The van der Waals surface area contributed by atoms with E-state index in [2.05, 4.69) is 45.5 Å². The van der Waals surface area contributed by atoms with Crippen LogP contribution in [0.3, 0.4) is 0 Å². The fraction of sp³-hybridized carbons (Fsp3) is 0.500. The van der Waals surface area contributed by atoms with Crippen molar-refractivity contribution in [3.05, 3.63) is 34.3 Å². The van der Waals surface area contributed by atoms with Crippen molar-refractivity contribution >= 4 is 17.3 Å². The lowest BCUT2D eigenvalue weighted by Gasteiger charge is -2.14. The van der Waals surface area contributed by atoms with E-state index in [4.69, 9.17) is 4.74 Å². The van der Waals surface area contributed by atoms with Gasteiger partial charge in [0.05, 0.1) is 12.3 Å². The maximum Gasteiger partial charge on any atom is 0.203 e. The van der Waals surface area contributed by atoms with Crippen LogP contribution in [-0.4, -0.2) is 29.3 Å². The van der Waals surface area contributed by atoms with Gasteiger partial charge >= 0.3 is 0 Å². The van der Waals surface area contributed by atoms with Gasteiger partial charge < -0.3 is 14.6 Å². The molecule has 5 heteroatoms. The normalized spacial score (nSPS) is 12.6. The Morgan fingerprint density at radius 2 is 2.37 bits per heavy atom. The highest BCUT2D eigenvalue weighted by Crippen LogP contribution is 2.14. The summed E-state index contributed by atoms with van der Waals surface area (Å²) in [5.41, 5.74) is 1.04. The van der Waals surface area contributed by atoms with E-state index in [1.54, 1.807) is 18.4 Å². The molecule has 2 aromatic rings. The number of ether oxygens (including phenoxy) is 1. The van der Waals surface area contributed by atoms with E-state index in [9.17, 15) is 0 Å². The molecule has 0 aliphatic heterocycles. The molecule has 1 N–H and O–H groups in total. The van der Waals surface area contributed by atoms with Crippen LogP contribution in [0.5, 0.6) is 0 Å². The summed E-state index contributed by atoms with van der Waals surface area (Å²) in [6.45, 7) is 5.74. The second-order valence-electron chi connectivity index (χ2n) is 4.73. The third-order valence-corrected chi connectivity index (χ3v) is 3.80. The number of nitrogens with zero attached hydrogens (tertiary/aromatic N) is 2. The van der Waals surface area contributed by atoms with Crippen LogP contribution in [0.4, 0.5) is 5.95 Å². The van der Waals surface area contributed by atoms with Crippen molar-refractivity contribution in [2.45, 2.75) is 32.9 Å². The van der Waals surface area contributed by atoms with Gasteiger partial charge in [0.1, 0.15) is 0 Å². The van der Waals surface area contributed by atoms with Crippen LogP contribution in [0.15, 0.2) is 23.7 Å². The second-order valence-corrected chi connectivity index (χ2v) is 5.76. The summed E-state index contributed by atoms with van der Waals surface area (Å²) in [6, 6.07) is 4.53. The highest BCUT2D eigenvalue weighted by atomic mass is 32.1. The van der Waals surface area contributed by atoms with Crippen molar-refractivity contribution in [1.82, 2.24) is 9.55 Å². The van der Waals surface area contributed by atoms with Crippen molar-refractivity contribution in [2.24, 2.45) is 0 Å². The topological polar surface area (TPSA) is 39.1 Å². The van der Waals surface area contributed by atoms with Crippen LogP contribution in [0.2, 0.25) is 0 Å². The first kappa shape index (κ1) is 14.1. The highest BCUT2D eigenvalue weighted by Gasteiger charge is 2.09. The van der Waals surface area contributed by atoms with Crippen molar-refractivity contribution in [3.63, 3.8) is 0 Å². The molecule has 0 amide bonds. The second kappa shape index (κ2) is 6.73. The molecule has 2 aromatic heterocycles. The van der Waals surface area contributed by atoms with Gasteiger partial charge in [-0.15, -0.1) is 11.3 Å². The zero-order valence-electron chi connectivity index (χ0n) is 11.7. The monoisotopic (exact) mass is 279 g/mol. The van der Waals surface area contributed by atoms with Gasteiger partial charge in [-0.3, -0.25) is 0 Å². The van der Waals surface area contributed by atoms with E-state index in [0.717, 1.165) is 24.6 Å². The molecular weight excluding hydrogens is 258 g/mol. The molecule has 0 aliphatic carbocycles. The van der Waals surface area contributed by atoms with Crippen molar-refractivity contribution < 1.29 is 4.74 Å². The highest BCUT2D eigenvalue weighted by molar-refractivity contribution is 7.09. The Kier molecular flexibility index (Phi) is 4.99. The Balaban J connectivity index is 1.99. The molecule has 1 unspecified atom stereocenters. The van der Waals surface area contributed by atoms with Crippen LogP contribution < -0.4 is 5.32 Å². The summed E-state index contributed by atoms with van der Waals surface area (Å²) < 4.78 is 7.33. The number of anilines is 1. The van der Waals surface area contributed by atoms with Crippen LogP contribution in [0.1, 0.15) is 17.5 Å². The quantitative estimate of drug-likeness (QED) is 0.847. The molecule has 0 bridgehead atoms. The fourth-order valence-electron chi connectivity index (χ4n) is 2.03. The van der Waals surface area contributed by atoms with Gasteiger partial charge in [-0.1, -0.05) is 6.07 Å². The molecule has 19 heavy (non-hydrogen) atoms. The third-order valence-electron chi connectivity index (χ3n) is 2.87. The van der Waals surface area contributed by atoms with Gasteiger partial charge in [0, 0.05) is 30.8 Å². The lowest BCUT2D eigenvalue weighted by Crippen LogP contribution is -2.23. The van der Waals surface area contributed by atoms with Gasteiger partial charge in [-0.25, -0.2) is 4.98 Å². The first-order chi connectivity index (χ1) is 9.19. The number of nitrogens with one attached hydrogen (secondary N) is 1. The van der Waals surface area contributed by atoms with Gasteiger partial charge in [0.25, 0.3) is 0 Å². The van der Waals surface area contributed by atoms with Crippen LogP contribution in [-0.2, 0) is 17.7 Å². The van der Waals surface area contributed by atoms with Gasteiger partial charge in [0.2, 0.25) is 5.95 Å². The third kappa shape index (κ3) is 4.08. The molecule has 0 saturated carbocycles. The van der Waals surface area contributed by atoms with E-state index in [-0.39, 0.29) is 6.04 Å². The van der Waals surface area contributed by atoms with Crippen molar-refractivity contribution in [2.75, 3.05) is 19.0 Å². The van der Waals surface area contributed by atoms with Crippen LogP contribution >= 0.6 is 11.3 Å². The molecule has 1 atom stereocenters. The van der Waals surface area contributed by atoms with Gasteiger partial charge in [-0.2, -0.15) is 0 Å². The average Bonchev–Trinajstić information content (AvgIpc) is 2.97. The van der Waals surface area contributed by atoms with Crippen molar-refractivity contribution in [3.8, 4) is 0 Å². The molecule has 0 saturated heterocycles. The molecule has 0 aromatic carbocycles. The summed E-state index contributed by atoms with van der Waals surface area (Å²) in [7, 11) is 1.71. The molecule has 0 aliphatic rings. The maximum atomic E-state index is 5.14. The van der Waals surface area contributed by atoms with E-state index >= 15 is 0 Å². The molecule has 0 spiro atoms. The van der Waals surface area contributed by atoms with Gasteiger partial charge in [0.15, 0.2) is 0 Å². The fourth-order valence-corrected chi connectivity index (χ4v) is 2.73. The van der Waals surface area contributed by atoms with E-state index in [1.807, 2.05) is 6.92 Å². The Labute approximate surface area is 118 Å². The average molecular weight is 279 g/mol. The zero-order valence-corrected chi connectivity index (χ0v) is 12.5. The minimum atomic E-state index is 0.257. The Morgan fingerprint density at radius 1 is 1.53 bits per heavy atom. The maximum absolute atomic E-state index is 5.14. The summed E-state index contributed by atoms with van der Waals surface area (Å²) >= 11 is 1.80. The Hall–Kier alpha value is -1.33. The molecule has 2 rings (SSSR count). The predicted octanol–water partition coefficient (Wildman–Crippen LogP) is 2.94. The molecule has 0 radical (unpaired) electrons. The van der Waals surface area contributed by atoms with E-state index < -0.39 is 0 Å².